The minimum atomic E-state index is 0.425. The number of benzene rings is 1. The van der Waals surface area contributed by atoms with E-state index < -0.39 is 0 Å². The van der Waals surface area contributed by atoms with Crippen LogP contribution >= 0.6 is 12.2 Å². The van der Waals surface area contributed by atoms with E-state index in [1.54, 1.807) is 0 Å². The van der Waals surface area contributed by atoms with Crippen LogP contribution < -0.4 is 11.1 Å². The molecule has 2 atom stereocenters. The van der Waals surface area contributed by atoms with Gasteiger partial charge in [-0.25, -0.2) is 0 Å². The third kappa shape index (κ3) is 3.98. The number of aryl methyl sites for hydroxylation is 1. The van der Waals surface area contributed by atoms with Gasteiger partial charge in [0.25, 0.3) is 0 Å². The predicted octanol–water partition coefficient (Wildman–Crippen LogP) is 3.87. The molecule has 0 amide bonds. The molecule has 0 radical (unpaired) electrons. The van der Waals surface area contributed by atoms with Crippen molar-refractivity contribution < 1.29 is 0 Å². The Bertz CT molecular complexity index is 415. The van der Waals surface area contributed by atoms with Crippen molar-refractivity contribution in [3.8, 4) is 0 Å². The van der Waals surface area contributed by atoms with Crippen molar-refractivity contribution in [3.05, 3.63) is 29.3 Å². The molecule has 1 rings (SSSR count). The number of hydrogen-bond donors (Lipinski definition) is 2. The first-order chi connectivity index (χ1) is 8.45. The fourth-order valence-electron chi connectivity index (χ4n) is 2.14. The summed E-state index contributed by atoms with van der Waals surface area (Å²) in [6.07, 6.45) is 2.36. The molecule has 0 spiro atoms. The van der Waals surface area contributed by atoms with Crippen molar-refractivity contribution in [2.45, 2.75) is 46.6 Å². The highest BCUT2D eigenvalue weighted by atomic mass is 32.1. The summed E-state index contributed by atoms with van der Waals surface area (Å²) in [5.74, 6) is 0.727. The van der Waals surface area contributed by atoms with Crippen molar-refractivity contribution in [1.29, 1.82) is 0 Å². The molecule has 2 unspecified atom stereocenters. The van der Waals surface area contributed by atoms with Crippen LogP contribution in [0.3, 0.4) is 0 Å². The Morgan fingerprint density at radius 1 is 1.39 bits per heavy atom. The van der Waals surface area contributed by atoms with E-state index in [-0.39, 0.29) is 0 Å². The lowest BCUT2D eigenvalue weighted by atomic mass is 9.99. The van der Waals surface area contributed by atoms with Gasteiger partial charge in [0.05, 0.1) is 0 Å². The molecule has 100 valence electrons. The fraction of sp³-hybridized carbons (Fsp3) is 0.533. The largest absolute Gasteiger partial charge is 0.389 e. The lowest BCUT2D eigenvalue weighted by molar-refractivity contribution is 0.483. The number of nitrogens with two attached hydrogens (primary N) is 1. The Morgan fingerprint density at radius 2 is 2.06 bits per heavy atom. The Morgan fingerprint density at radius 3 is 2.61 bits per heavy atom. The van der Waals surface area contributed by atoms with Crippen LogP contribution in [0, 0.1) is 12.8 Å². The summed E-state index contributed by atoms with van der Waals surface area (Å²) in [4.78, 5) is 0.455. The van der Waals surface area contributed by atoms with E-state index in [9.17, 15) is 0 Å². The van der Waals surface area contributed by atoms with E-state index in [4.69, 9.17) is 18.0 Å². The zero-order chi connectivity index (χ0) is 13.7. The first-order valence-corrected chi connectivity index (χ1v) is 7.02. The number of nitrogens with one attached hydrogen (secondary N) is 1. The van der Waals surface area contributed by atoms with Crippen LogP contribution in [-0.4, -0.2) is 11.0 Å². The lowest BCUT2D eigenvalue weighted by Crippen LogP contribution is -2.22. The van der Waals surface area contributed by atoms with Crippen molar-refractivity contribution in [1.82, 2.24) is 0 Å². The van der Waals surface area contributed by atoms with Crippen LogP contribution in [0.15, 0.2) is 18.2 Å². The number of para-hydroxylation sites is 1. The summed E-state index contributed by atoms with van der Waals surface area (Å²) in [6, 6.07) is 6.48. The molecular weight excluding hydrogens is 240 g/mol. The maximum absolute atomic E-state index is 5.78. The van der Waals surface area contributed by atoms with Crippen LogP contribution in [0.5, 0.6) is 0 Å². The minimum absolute atomic E-state index is 0.425. The Kier molecular flexibility index (Phi) is 5.60. The van der Waals surface area contributed by atoms with Gasteiger partial charge in [-0.2, -0.15) is 0 Å². The molecule has 2 nitrogen and oxygen atoms in total. The van der Waals surface area contributed by atoms with Gasteiger partial charge in [0.15, 0.2) is 0 Å². The molecule has 1 aromatic rings. The van der Waals surface area contributed by atoms with Gasteiger partial charge in [-0.15, -0.1) is 0 Å². The van der Waals surface area contributed by atoms with E-state index in [2.05, 4.69) is 39.1 Å². The molecule has 18 heavy (non-hydrogen) atoms. The molecule has 0 aliphatic carbocycles. The fourth-order valence-corrected chi connectivity index (χ4v) is 2.31. The Balaban J connectivity index is 2.86. The highest BCUT2D eigenvalue weighted by molar-refractivity contribution is 7.80. The lowest BCUT2D eigenvalue weighted by Gasteiger charge is -2.22. The van der Waals surface area contributed by atoms with E-state index in [0.717, 1.165) is 23.6 Å². The summed E-state index contributed by atoms with van der Waals surface area (Å²) in [6.45, 7) is 8.80. The first kappa shape index (κ1) is 15.0. The van der Waals surface area contributed by atoms with Gasteiger partial charge >= 0.3 is 0 Å². The topological polar surface area (TPSA) is 38.0 Å². The number of hydrogen-bond acceptors (Lipinski definition) is 2. The highest BCUT2D eigenvalue weighted by Crippen LogP contribution is 2.23. The molecule has 0 heterocycles. The molecule has 0 bridgehead atoms. The Labute approximate surface area is 116 Å². The van der Waals surface area contributed by atoms with Crippen LogP contribution in [0.25, 0.3) is 0 Å². The van der Waals surface area contributed by atoms with Crippen LogP contribution in [0.2, 0.25) is 0 Å². The van der Waals surface area contributed by atoms with Gasteiger partial charge in [-0.05, 0) is 37.8 Å². The predicted molar refractivity (Wildman–Crippen MR) is 84.2 cm³/mol. The average molecular weight is 264 g/mol. The quantitative estimate of drug-likeness (QED) is 0.766. The second kappa shape index (κ2) is 6.74. The van der Waals surface area contributed by atoms with Crippen molar-refractivity contribution in [3.63, 3.8) is 0 Å². The number of anilines is 1. The molecule has 0 aliphatic rings. The normalized spacial score (nSPS) is 14.0. The molecule has 0 saturated carbocycles. The monoisotopic (exact) mass is 264 g/mol. The highest BCUT2D eigenvalue weighted by Gasteiger charge is 2.12. The van der Waals surface area contributed by atoms with Gasteiger partial charge < -0.3 is 11.1 Å². The molecule has 3 heteroatoms. The molecule has 0 aliphatic heterocycles. The summed E-state index contributed by atoms with van der Waals surface area (Å²) in [5, 5.41) is 3.56. The van der Waals surface area contributed by atoms with E-state index in [1.165, 1.54) is 12.0 Å². The van der Waals surface area contributed by atoms with Gasteiger partial charge in [-0.3, -0.25) is 0 Å². The summed E-state index contributed by atoms with van der Waals surface area (Å²) < 4.78 is 0. The molecule has 0 saturated heterocycles. The molecule has 0 aromatic heterocycles. The van der Waals surface area contributed by atoms with Crippen molar-refractivity contribution in [2.24, 2.45) is 11.7 Å². The molecule has 0 fully saturated rings. The third-order valence-electron chi connectivity index (χ3n) is 3.38. The van der Waals surface area contributed by atoms with Gasteiger partial charge in [-0.1, -0.05) is 44.6 Å². The second-order valence-electron chi connectivity index (χ2n) is 5.16. The van der Waals surface area contributed by atoms with Gasteiger partial charge in [0.2, 0.25) is 0 Å². The van der Waals surface area contributed by atoms with Crippen molar-refractivity contribution >= 4 is 22.9 Å². The molecular formula is C15H24N2S. The number of thiocarbonyl (C=S) groups is 1. The van der Waals surface area contributed by atoms with Crippen molar-refractivity contribution in [2.75, 3.05) is 5.32 Å². The zero-order valence-electron chi connectivity index (χ0n) is 11.8. The minimum Gasteiger partial charge on any atom is -0.389 e. The van der Waals surface area contributed by atoms with E-state index >= 15 is 0 Å². The van der Waals surface area contributed by atoms with Gasteiger partial charge in [0, 0.05) is 17.3 Å². The number of rotatable bonds is 6. The van der Waals surface area contributed by atoms with Crippen LogP contribution in [0.1, 0.15) is 44.7 Å². The standard InChI is InChI=1S/C15H24N2S/c1-5-10(2)9-12(4)17-14-11(3)7-6-8-13(14)15(16)18/h6-8,10,12,17H,5,9H2,1-4H3,(H2,16,18). The summed E-state index contributed by atoms with van der Waals surface area (Å²) >= 11 is 5.11. The maximum atomic E-state index is 5.78. The smallest absolute Gasteiger partial charge is 0.106 e. The molecule has 3 N–H and O–H groups in total. The Hall–Kier alpha value is -1.09. The summed E-state index contributed by atoms with van der Waals surface area (Å²) in [7, 11) is 0. The van der Waals surface area contributed by atoms with Crippen LogP contribution in [0.4, 0.5) is 5.69 Å². The first-order valence-electron chi connectivity index (χ1n) is 6.61. The van der Waals surface area contributed by atoms with Crippen LogP contribution in [-0.2, 0) is 0 Å². The molecule has 1 aromatic carbocycles. The SMILES string of the molecule is CCC(C)CC(C)Nc1c(C)cccc1C(N)=S. The maximum Gasteiger partial charge on any atom is 0.106 e. The van der Waals surface area contributed by atoms with E-state index in [0.29, 0.717) is 11.0 Å². The van der Waals surface area contributed by atoms with E-state index in [1.807, 2.05) is 12.1 Å². The second-order valence-corrected chi connectivity index (χ2v) is 5.60. The average Bonchev–Trinajstić information content (AvgIpc) is 2.31. The van der Waals surface area contributed by atoms with Gasteiger partial charge in [0.1, 0.15) is 4.99 Å². The summed E-state index contributed by atoms with van der Waals surface area (Å²) in [5.41, 5.74) is 9.00. The zero-order valence-corrected chi connectivity index (χ0v) is 12.6. The third-order valence-corrected chi connectivity index (χ3v) is 3.60.